The molecule has 9 nitrogen and oxygen atoms in total. The summed E-state index contributed by atoms with van der Waals surface area (Å²) in [6.45, 7) is 2.49. The van der Waals surface area contributed by atoms with Crippen LogP contribution in [0, 0.1) is 11.8 Å². The van der Waals surface area contributed by atoms with Crippen LogP contribution in [0.25, 0.3) is 0 Å². The van der Waals surface area contributed by atoms with Crippen molar-refractivity contribution < 1.29 is 27.9 Å². The first kappa shape index (κ1) is 21.0. The Balaban J connectivity index is 2.20. The van der Waals surface area contributed by atoms with Crippen molar-refractivity contribution in [2.45, 2.75) is 18.2 Å². The van der Waals surface area contributed by atoms with Crippen molar-refractivity contribution in [1.82, 2.24) is 9.21 Å². The zero-order chi connectivity index (χ0) is 20.4. The number of piperidine rings is 1. The van der Waals surface area contributed by atoms with Crippen molar-refractivity contribution in [2.24, 2.45) is 11.8 Å². The van der Waals surface area contributed by atoms with Crippen molar-refractivity contribution in [3.63, 3.8) is 0 Å². The van der Waals surface area contributed by atoms with Gasteiger partial charge >= 0.3 is 12.0 Å². The van der Waals surface area contributed by atoms with Gasteiger partial charge < -0.3 is 20.1 Å². The lowest BCUT2D eigenvalue weighted by Gasteiger charge is -2.34. The second kappa shape index (κ2) is 8.13. The number of benzene rings is 1. The quantitative estimate of drug-likeness (QED) is 0.775. The third kappa shape index (κ3) is 4.69. The molecule has 1 aliphatic rings. The number of ether oxygens (including phenoxy) is 1. The summed E-state index contributed by atoms with van der Waals surface area (Å²) in [4.78, 5) is 25.2. The van der Waals surface area contributed by atoms with Crippen molar-refractivity contribution in [2.75, 3.05) is 39.6 Å². The Kier molecular flexibility index (Phi) is 6.32. The van der Waals surface area contributed by atoms with Gasteiger partial charge in [-0.25, -0.2) is 17.5 Å². The lowest BCUT2D eigenvalue weighted by atomic mass is 9.91. The summed E-state index contributed by atoms with van der Waals surface area (Å²) >= 11 is 0. The molecule has 1 fully saturated rings. The number of nitrogens with one attached hydrogen (secondary N) is 1. The molecule has 2 unspecified atom stereocenters. The standard InChI is InChI=1S/C17H25N3O6S/c1-11-7-12(16(21)22)10-20(9-11)17(23)18-13-5-6-15(14(8-13)26-4)27(24,25)19(2)3/h5-6,8,11-12H,7,9-10H2,1-4H3,(H,18,23)(H,21,22). The molecule has 0 aromatic heterocycles. The second-order valence-corrected chi connectivity index (χ2v) is 8.98. The number of aliphatic carboxylic acids is 1. The van der Waals surface area contributed by atoms with Gasteiger partial charge in [0.25, 0.3) is 0 Å². The van der Waals surface area contributed by atoms with Crippen LogP contribution in [-0.2, 0) is 14.8 Å². The molecule has 0 aliphatic carbocycles. The minimum atomic E-state index is -3.69. The van der Waals surface area contributed by atoms with Crippen LogP contribution >= 0.6 is 0 Å². The number of hydrogen-bond donors (Lipinski definition) is 2. The molecule has 2 amide bonds. The highest BCUT2D eigenvalue weighted by molar-refractivity contribution is 7.89. The van der Waals surface area contributed by atoms with Crippen LogP contribution < -0.4 is 10.1 Å². The van der Waals surface area contributed by atoms with E-state index in [1.165, 1.54) is 44.3 Å². The molecule has 1 aromatic carbocycles. The smallest absolute Gasteiger partial charge is 0.321 e. The summed E-state index contributed by atoms with van der Waals surface area (Å²) < 4.78 is 30.9. The van der Waals surface area contributed by atoms with Gasteiger partial charge in [0.2, 0.25) is 10.0 Å². The second-order valence-electron chi connectivity index (χ2n) is 6.86. The zero-order valence-electron chi connectivity index (χ0n) is 15.8. The van der Waals surface area contributed by atoms with Gasteiger partial charge in [-0.15, -0.1) is 0 Å². The average Bonchev–Trinajstić information content (AvgIpc) is 2.60. The van der Waals surface area contributed by atoms with Gasteiger partial charge in [0.1, 0.15) is 10.6 Å². The van der Waals surface area contributed by atoms with Crippen LogP contribution in [0.4, 0.5) is 10.5 Å². The summed E-state index contributed by atoms with van der Waals surface area (Å²) in [5.74, 6) is -1.33. The van der Waals surface area contributed by atoms with Gasteiger partial charge in [-0.1, -0.05) is 6.92 Å². The van der Waals surface area contributed by atoms with Crippen molar-refractivity contribution >= 4 is 27.7 Å². The Labute approximate surface area is 159 Å². The lowest BCUT2D eigenvalue weighted by Crippen LogP contribution is -2.47. The van der Waals surface area contributed by atoms with E-state index in [0.717, 1.165) is 4.31 Å². The molecule has 1 heterocycles. The van der Waals surface area contributed by atoms with Crippen LogP contribution in [0.5, 0.6) is 5.75 Å². The summed E-state index contributed by atoms with van der Waals surface area (Å²) in [7, 11) is 0.492. The van der Waals surface area contributed by atoms with Crippen LogP contribution in [0.15, 0.2) is 23.1 Å². The normalized spacial score (nSPS) is 20.4. The maximum Gasteiger partial charge on any atom is 0.321 e. The number of carbonyl (C=O) groups is 2. The molecule has 0 saturated carbocycles. The van der Waals surface area contributed by atoms with Gasteiger partial charge in [0, 0.05) is 38.9 Å². The van der Waals surface area contributed by atoms with Crippen LogP contribution in [-0.4, -0.2) is 69.0 Å². The third-order valence-electron chi connectivity index (χ3n) is 4.47. The monoisotopic (exact) mass is 399 g/mol. The van der Waals surface area contributed by atoms with E-state index in [-0.39, 0.29) is 23.1 Å². The molecule has 1 aliphatic heterocycles. The van der Waals surface area contributed by atoms with Gasteiger partial charge in [-0.3, -0.25) is 4.79 Å². The Morgan fingerprint density at radius 3 is 2.52 bits per heavy atom. The number of rotatable bonds is 5. The number of anilines is 1. The average molecular weight is 399 g/mol. The van der Waals surface area contributed by atoms with Gasteiger partial charge in [-0.05, 0) is 24.5 Å². The molecule has 27 heavy (non-hydrogen) atoms. The largest absolute Gasteiger partial charge is 0.495 e. The highest BCUT2D eigenvalue weighted by Crippen LogP contribution is 2.29. The fourth-order valence-corrected chi connectivity index (χ4v) is 4.08. The number of carbonyl (C=O) groups excluding carboxylic acids is 1. The molecule has 1 aromatic rings. The number of nitrogens with zero attached hydrogens (tertiary/aromatic N) is 2. The number of urea groups is 1. The number of methoxy groups -OCH3 is 1. The molecule has 150 valence electrons. The molecular formula is C17H25N3O6S. The van der Waals surface area contributed by atoms with Crippen molar-refractivity contribution in [1.29, 1.82) is 0 Å². The van der Waals surface area contributed by atoms with E-state index in [2.05, 4.69) is 5.32 Å². The first-order valence-electron chi connectivity index (χ1n) is 8.45. The lowest BCUT2D eigenvalue weighted by molar-refractivity contribution is -0.143. The molecule has 0 spiro atoms. The molecule has 2 atom stereocenters. The van der Waals surface area contributed by atoms with E-state index in [0.29, 0.717) is 18.7 Å². The number of hydrogen-bond acceptors (Lipinski definition) is 5. The van der Waals surface area contributed by atoms with Gasteiger partial charge in [-0.2, -0.15) is 0 Å². The molecule has 0 radical (unpaired) electrons. The van der Waals surface area contributed by atoms with E-state index in [9.17, 15) is 23.1 Å². The molecule has 1 saturated heterocycles. The number of likely N-dealkylation sites (tertiary alicyclic amines) is 1. The number of sulfonamides is 1. The van der Waals surface area contributed by atoms with E-state index in [1.807, 2.05) is 6.92 Å². The Morgan fingerprint density at radius 1 is 1.30 bits per heavy atom. The predicted molar refractivity (Wildman–Crippen MR) is 99.4 cm³/mol. The minimum Gasteiger partial charge on any atom is -0.495 e. The highest BCUT2D eigenvalue weighted by Gasteiger charge is 2.32. The Morgan fingerprint density at radius 2 is 1.96 bits per heavy atom. The van der Waals surface area contributed by atoms with Gasteiger partial charge in [0.15, 0.2) is 0 Å². The number of carboxylic acid groups (broad SMARTS) is 1. The zero-order valence-corrected chi connectivity index (χ0v) is 16.6. The molecular weight excluding hydrogens is 374 g/mol. The van der Waals surface area contributed by atoms with E-state index in [1.54, 1.807) is 0 Å². The van der Waals surface area contributed by atoms with Crippen LogP contribution in [0.3, 0.4) is 0 Å². The predicted octanol–water partition coefficient (Wildman–Crippen LogP) is 1.52. The van der Waals surface area contributed by atoms with E-state index in [4.69, 9.17) is 4.74 Å². The number of amides is 2. The molecule has 2 rings (SSSR count). The summed E-state index contributed by atoms with van der Waals surface area (Å²) in [6, 6.07) is 3.83. The van der Waals surface area contributed by atoms with Gasteiger partial charge in [0.05, 0.1) is 13.0 Å². The van der Waals surface area contributed by atoms with E-state index >= 15 is 0 Å². The third-order valence-corrected chi connectivity index (χ3v) is 6.32. The highest BCUT2D eigenvalue weighted by atomic mass is 32.2. The van der Waals surface area contributed by atoms with E-state index < -0.39 is 27.9 Å². The topological polar surface area (TPSA) is 116 Å². The number of carboxylic acids is 1. The fraction of sp³-hybridized carbons (Fsp3) is 0.529. The molecule has 0 bridgehead atoms. The summed E-state index contributed by atoms with van der Waals surface area (Å²) in [5.41, 5.74) is 0.361. The maximum atomic E-state index is 12.5. The van der Waals surface area contributed by atoms with Crippen molar-refractivity contribution in [3.05, 3.63) is 18.2 Å². The Bertz CT molecular complexity index is 824. The molecule has 10 heteroatoms. The van der Waals surface area contributed by atoms with Crippen LogP contribution in [0.1, 0.15) is 13.3 Å². The maximum absolute atomic E-state index is 12.5. The first-order chi connectivity index (χ1) is 12.6. The summed E-state index contributed by atoms with van der Waals surface area (Å²) in [5, 5.41) is 11.9. The van der Waals surface area contributed by atoms with Crippen molar-refractivity contribution in [3.8, 4) is 5.75 Å². The summed E-state index contributed by atoms with van der Waals surface area (Å²) in [6.07, 6.45) is 0.532. The van der Waals surface area contributed by atoms with Crippen LogP contribution in [0.2, 0.25) is 0 Å². The minimum absolute atomic E-state index is 0.00876. The first-order valence-corrected chi connectivity index (χ1v) is 9.89. The SMILES string of the molecule is COc1cc(NC(=O)N2CC(C)CC(C(=O)O)C2)ccc1S(=O)(=O)N(C)C. The molecule has 2 N–H and O–H groups in total. The fourth-order valence-electron chi connectivity index (χ4n) is 3.05. The Hall–Kier alpha value is -2.33.